The average molecular weight is 351 g/mol. The van der Waals surface area contributed by atoms with E-state index in [9.17, 15) is 9.59 Å². The van der Waals surface area contributed by atoms with Crippen molar-refractivity contribution in [3.8, 4) is 0 Å². The van der Waals surface area contributed by atoms with E-state index in [-0.39, 0.29) is 24.2 Å². The van der Waals surface area contributed by atoms with Crippen LogP contribution in [0.15, 0.2) is 60.7 Å². The Labute approximate surface area is 150 Å². The fourth-order valence-electron chi connectivity index (χ4n) is 3.18. The van der Waals surface area contributed by atoms with Gasteiger partial charge in [-0.3, -0.25) is 9.59 Å². The molecule has 4 nitrogen and oxygen atoms in total. The zero-order chi connectivity index (χ0) is 17.4. The number of nitrogens with zero attached hydrogens (tertiary/aromatic N) is 2. The molecule has 2 heterocycles. The number of carbonyl (C=O) groups is 2. The lowest BCUT2D eigenvalue weighted by Gasteiger charge is -2.14. The SMILES string of the molecule is O=C1C[C@@H](Cc2ccc(Cl)cc2)C(=O)N1c1ccc2ccccc2n1. The third-order valence-corrected chi connectivity index (χ3v) is 4.70. The van der Waals surface area contributed by atoms with Crippen LogP contribution in [0.2, 0.25) is 5.02 Å². The van der Waals surface area contributed by atoms with Gasteiger partial charge in [0.05, 0.1) is 11.4 Å². The van der Waals surface area contributed by atoms with Crippen molar-refractivity contribution in [1.82, 2.24) is 4.98 Å². The maximum absolute atomic E-state index is 12.8. The molecule has 1 fully saturated rings. The van der Waals surface area contributed by atoms with E-state index < -0.39 is 0 Å². The summed E-state index contributed by atoms with van der Waals surface area (Å²) in [6.07, 6.45) is 0.724. The van der Waals surface area contributed by atoms with Gasteiger partial charge in [-0.1, -0.05) is 41.9 Å². The molecule has 2 amide bonds. The minimum absolute atomic E-state index is 0.192. The predicted molar refractivity (Wildman–Crippen MR) is 97.5 cm³/mol. The molecule has 1 aliphatic rings. The number of halogens is 1. The zero-order valence-electron chi connectivity index (χ0n) is 13.4. The van der Waals surface area contributed by atoms with Crippen molar-refractivity contribution in [2.45, 2.75) is 12.8 Å². The van der Waals surface area contributed by atoms with Crippen molar-refractivity contribution in [3.63, 3.8) is 0 Å². The average Bonchev–Trinajstić information content (AvgIpc) is 2.90. The largest absolute Gasteiger partial charge is 0.274 e. The number of fused-ring (bicyclic) bond motifs is 1. The second-order valence-electron chi connectivity index (χ2n) is 6.16. The summed E-state index contributed by atoms with van der Waals surface area (Å²) >= 11 is 5.89. The van der Waals surface area contributed by atoms with Crippen LogP contribution < -0.4 is 4.90 Å². The quantitative estimate of drug-likeness (QED) is 0.670. The molecule has 0 aliphatic carbocycles. The number of amides is 2. The van der Waals surface area contributed by atoms with Gasteiger partial charge in [-0.25, -0.2) is 9.88 Å². The van der Waals surface area contributed by atoms with Gasteiger partial charge in [-0.2, -0.15) is 0 Å². The summed E-state index contributed by atoms with van der Waals surface area (Å²) in [6, 6.07) is 18.6. The van der Waals surface area contributed by atoms with Crippen LogP contribution in [0.4, 0.5) is 5.82 Å². The highest BCUT2D eigenvalue weighted by atomic mass is 35.5. The van der Waals surface area contributed by atoms with Gasteiger partial charge >= 0.3 is 0 Å². The molecule has 5 heteroatoms. The number of hydrogen-bond donors (Lipinski definition) is 0. The van der Waals surface area contributed by atoms with E-state index in [1.54, 1.807) is 18.2 Å². The Morgan fingerprint density at radius 1 is 1.00 bits per heavy atom. The Hall–Kier alpha value is -2.72. The maximum Gasteiger partial charge on any atom is 0.238 e. The number of para-hydroxylation sites is 1. The Morgan fingerprint density at radius 3 is 2.56 bits per heavy atom. The number of benzene rings is 2. The Kier molecular flexibility index (Phi) is 3.98. The molecule has 2 aromatic carbocycles. The number of hydrogen-bond acceptors (Lipinski definition) is 3. The summed E-state index contributed by atoms with van der Waals surface area (Å²) in [7, 11) is 0. The molecule has 1 saturated heterocycles. The minimum Gasteiger partial charge on any atom is -0.274 e. The molecule has 0 saturated carbocycles. The second-order valence-corrected chi connectivity index (χ2v) is 6.60. The van der Waals surface area contributed by atoms with Gasteiger partial charge in [0.2, 0.25) is 11.8 Å². The van der Waals surface area contributed by atoms with Gasteiger partial charge in [-0.05, 0) is 42.3 Å². The van der Waals surface area contributed by atoms with Gasteiger partial charge in [0, 0.05) is 16.8 Å². The van der Waals surface area contributed by atoms with Gasteiger partial charge in [-0.15, -0.1) is 0 Å². The van der Waals surface area contributed by atoms with Crippen LogP contribution >= 0.6 is 11.6 Å². The smallest absolute Gasteiger partial charge is 0.238 e. The summed E-state index contributed by atoms with van der Waals surface area (Å²) in [6.45, 7) is 0. The van der Waals surface area contributed by atoms with Crippen molar-refractivity contribution in [3.05, 3.63) is 71.2 Å². The number of pyridine rings is 1. The Bertz CT molecular complexity index is 969. The third kappa shape index (κ3) is 3.01. The first-order chi connectivity index (χ1) is 12.1. The lowest BCUT2D eigenvalue weighted by Crippen LogP contribution is -2.31. The summed E-state index contributed by atoms with van der Waals surface area (Å²) in [5.74, 6) is -0.358. The molecule has 3 aromatic rings. The lowest BCUT2D eigenvalue weighted by molar-refractivity contribution is -0.122. The summed E-state index contributed by atoms with van der Waals surface area (Å²) in [5.41, 5.74) is 1.76. The van der Waals surface area contributed by atoms with E-state index in [0.717, 1.165) is 16.5 Å². The number of anilines is 1. The molecule has 25 heavy (non-hydrogen) atoms. The fraction of sp³-hybridized carbons (Fsp3) is 0.150. The van der Waals surface area contributed by atoms with Crippen molar-refractivity contribution in [1.29, 1.82) is 0 Å². The lowest BCUT2D eigenvalue weighted by atomic mass is 9.98. The fourth-order valence-corrected chi connectivity index (χ4v) is 3.31. The molecule has 1 atom stereocenters. The van der Waals surface area contributed by atoms with Gasteiger partial charge in [0.25, 0.3) is 0 Å². The molecule has 0 N–H and O–H groups in total. The van der Waals surface area contributed by atoms with Crippen LogP contribution in [0.25, 0.3) is 10.9 Å². The molecular formula is C20H15ClN2O2. The minimum atomic E-state index is -0.359. The van der Waals surface area contributed by atoms with E-state index in [1.165, 1.54) is 4.90 Å². The molecule has 0 bridgehead atoms. The normalized spacial score (nSPS) is 17.5. The van der Waals surface area contributed by atoms with Crippen LogP contribution in [0.3, 0.4) is 0 Å². The highest BCUT2D eigenvalue weighted by Crippen LogP contribution is 2.29. The number of rotatable bonds is 3. The molecule has 1 aliphatic heterocycles. The Morgan fingerprint density at radius 2 is 1.76 bits per heavy atom. The van der Waals surface area contributed by atoms with Gasteiger partial charge in [0.15, 0.2) is 0 Å². The van der Waals surface area contributed by atoms with Crippen LogP contribution in [0.5, 0.6) is 0 Å². The number of aromatic nitrogens is 1. The molecule has 4 rings (SSSR count). The van der Waals surface area contributed by atoms with E-state index in [2.05, 4.69) is 4.98 Å². The first-order valence-corrected chi connectivity index (χ1v) is 8.46. The topological polar surface area (TPSA) is 50.3 Å². The molecule has 0 unspecified atom stereocenters. The number of imide groups is 1. The van der Waals surface area contributed by atoms with E-state index in [4.69, 9.17) is 11.6 Å². The van der Waals surface area contributed by atoms with Crippen molar-refractivity contribution >= 4 is 40.1 Å². The number of carbonyl (C=O) groups excluding carboxylic acids is 2. The zero-order valence-corrected chi connectivity index (χ0v) is 14.1. The van der Waals surface area contributed by atoms with Gasteiger partial charge in [0.1, 0.15) is 5.82 Å². The third-order valence-electron chi connectivity index (χ3n) is 4.45. The summed E-state index contributed by atoms with van der Waals surface area (Å²) in [4.78, 5) is 30.9. The highest BCUT2D eigenvalue weighted by molar-refractivity contribution is 6.30. The predicted octanol–water partition coefficient (Wildman–Crippen LogP) is 4.01. The second kappa shape index (κ2) is 6.30. The molecule has 0 radical (unpaired) electrons. The molecule has 1 aromatic heterocycles. The van der Waals surface area contributed by atoms with E-state index >= 15 is 0 Å². The highest BCUT2D eigenvalue weighted by Gasteiger charge is 2.40. The van der Waals surface area contributed by atoms with Crippen LogP contribution in [-0.2, 0) is 16.0 Å². The molecule has 124 valence electrons. The summed E-state index contributed by atoms with van der Waals surface area (Å²) < 4.78 is 0. The van der Waals surface area contributed by atoms with Crippen LogP contribution in [0.1, 0.15) is 12.0 Å². The van der Waals surface area contributed by atoms with Crippen molar-refractivity contribution in [2.75, 3.05) is 4.90 Å². The van der Waals surface area contributed by atoms with E-state index in [0.29, 0.717) is 17.3 Å². The molecular weight excluding hydrogens is 336 g/mol. The van der Waals surface area contributed by atoms with Crippen LogP contribution in [0, 0.1) is 5.92 Å². The van der Waals surface area contributed by atoms with Crippen molar-refractivity contribution in [2.24, 2.45) is 5.92 Å². The Balaban J connectivity index is 1.60. The standard InChI is InChI=1S/C20H15ClN2O2/c21-16-8-5-13(6-9-16)11-15-12-19(24)23(20(15)25)18-10-7-14-3-1-2-4-17(14)22-18/h1-10,15H,11-12H2/t15-/m1/s1. The van der Waals surface area contributed by atoms with Crippen molar-refractivity contribution < 1.29 is 9.59 Å². The first kappa shape index (κ1) is 15.8. The molecule has 0 spiro atoms. The maximum atomic E-state index is 12.8. The van der Waals surface area contributed by atoms with Crippen LogP contribution in [-0.4, -0.2) is 16.8 Å². The monoisotopic (exact) mass is 350 g/mol. The summed E-state index contributed by atoms with van der Waals surface area (Å²) in [5, 5.41) is 1.63. The van der Waals surface area contributed by atoms with Gasteiger partial charge < -0.3 is 0 Å². The van der Waals surface area contributed by atoms with E-state index in [1.807, 2.05) is 42.5 Å². The first-order valence-electron chi connectivity index (χ1n) is 8.09.